The van der Waals surface area contributed by atoms with E-state index in [1.165, 1.54) is 6.20 Å². The van der Waals surface area contributed by atoms with Gasteiger partial charge in [-0.1, -0.05) is 55.8 Å². The van der Waals surface area contributed by atoms with Gasteiger partial charge in [0, 0.05) is 11.6 Å². The van der Waals surface area contributed by atoms with E-state index in [1.54, 1.807) is 16.8 Å². The van der Waals surface area contributed by atoms with Crippen molar-refractivity contribution >= 4 is 23.4 Å². The predicted octanol–water partition coefficient (Wildman–Crippen LogP) is 3.70. The Bertz CT molecular complexity index is 982. The van der Waals surface area contributed by atoms with Crippen molar-refractivity contribution in [3.63, 3.8) is 0 Å². The third kappa shape index (κ3) is 5.23. The highest BCUT2D eigenvalue weighted by atomic mass is 35.5. The zero-order valence-electron chi connectivity index (χ0n) is 16.4. The van der Waals surface area contributed by atoms with Gasteiger partial charge in [0.15, 0.2) is 0 Å². The molecular formula is C22H23ClN4O2. The molecule has 0 saturated heterocycles. The number of amides is 2. The van der Waals surface area contributed by atoms with E-state index in [9.17, 15) is 9.59 Å². The monoisotopic (exact) mass is 410 g/mol. The molecule has 0 bridgehead atoms. The van der Waals surface area contributed by atoms with E-state index in [-0.39, 0.29) is 24.3 Å². The first kappa shape index (κ1) is 20.6. The quantitative estimate of drug-likeness (QED) is 0.623. The molecule has 0 unspecified atom stereocenters. The highest BCUT2D eigenvalue weighted by molar-refractivity contribution is 6.30. The maximum Gasteiger partial charge on any atom is 0.255 e. The van der Waals surface area contributed by atoms with Crippen molar-refractivity contribution in [2.45, 2.75) is 26.3 Å². The third-order valence-electron chi connectivity index (χ3n) is 4.41. The Morgan fingerprint density at radius 1 is 1.03 bits per heavy atom. The number of hydrogen-bond acceptors (Lipinski definition) is 3. The average molecular weight is 411 g/mol. The fraction of sp³-hybridized carbons (Fsp3) is 0.227. The van der Waals surface area contributed by atoms with Crippen molar-refractivity contribution in [3.8, 4) is 5.69 Å². The summed E-state index contributed by atoms with van der Waals surface area (Å²) in [7, 11) is 0. The molecule has 2 N–H and O–H groups in total. The lowest BCUT2D eigenvalue weighted by Gasteiger charge is -2.13. The maximum atomic E-state index is 12.7. The molecule has 0 aliphatic rings. The molecule has 7 heteroatoms. The minimum atomic E-state index is -0.330. The fourth-order valence-corrected chi connectivity index (χ4v) is 3.12. The van der Waals surface area contributed by atoms with Gasteiger partial charge in [0.1, 0.15) is 0 Å². The summed E-state index contributed by atoms with van der Waals surface area (Å²) in [5.74, 6) is -0.525. The molecule has 0 saturated carbocycles. The first-order chi connectivity index (χ1) is 14.0. The van der Waals surface area contributed by atoms with E-state index in [0.29, 0.717) is 17.1 Å². The second-order valence-electron chi connectivity index (χ2n) is 6.93. The SMILES string of the molecule is CC(C)c1c(C(=O)NCC(=O)NCc2ccccc2)cnn1-c1ccc(Cl)cc1. The molecule has 0 aliphatic heterocycles. The van der Waals surface area contributed by atoms with Crippen LogP contribution < -0.4 is 10.6 Å². The van der Waals surface area contributed by atoms with Crippen LogP contribution >= 0.6 is 11.6 Å². The van der Waals surface area contributed by atoms with Gasteiger partial charge in [-0.25, -0.2) is 4.68 Å². The molecule has 29 heavy (non-hydrogen) atoms. The van der Waals surface area contributed by atoms with E-state index in [2.05, 4.69) is 15.7 Å². The number of benzene rings is 2. The first-order valence-corrected chi connectivity index (χ1v) is 9.76. The molecule has 3 aromatic rings. The largest absolute Gasteiger partial charge is 0.350 e. The highest BCUT2D eigenvalue weighted by Crippen LogP contribution is 2.24. The lowest BCUT2D eigenvalue weighted by molar-refractivity contribution is -0.120. The number of nitrogens with one attached hydrogen (secondary N) is 2. The number of nitrogens with zero attached hydrogens (tertiary/aromatic N) is 2. The average Bonchev–Trinajstić information content (AvgIpc) is 3.17. The van der Waals surface area contributed by atoms with E-state index < -0.39 is 0 Å². The molecule has 150 valence electrons. The summed E-state index contributed by atoms with van der Waals surface area (Å²) in [6, 6.07) is 16.9. The zero-order chi connectivity index (χ0) is 20.8. The summed E-state index contributed by atoms with van der Waals surface area (Å²) in [6.45, 7) is 4.30. The van der Waals surface area contributed by atoms with Crippen LogP contribution in [-0.4, -0.2) is 28.1 Å². The van der Waals surface area contributed by atoms with Crippen LogP contribution in [-0.2, 0) is 11.3 Å². The van der Waals surface area contributed by atoms with Gasteiger partial charge in [0.05, 0.1) is 29.7 Å². The molecule has 0 radical (unpaired) electrons. The minimum absolute atomic E-state index is 0.0563. The molecule has 3 rings (SSSR count). The van der Waals surface area contributed by atoms with Crippen LogP contribution in [0.4, 0.5) is 0 Å². The second-order valence-corrected chi connectivity index (χ2v) is 7.37. The van der Waals surface area contributed by atoms with Crippen molar-refractivity contribution in [1.82, 2.24) is 20.4 Å². The van der Waals surface area contributed by atoms with Crippen LogP contribution in [0.3, 0.4) is 0 Å². The number of hydrogen-bond donors (Lipinski definition) is 2. The molecular weight excluding hydrogens is 388 g/mol. The number of carbonyl (C=O) groups excluding carboxylic acids is 2. The van der Waals surface area contributed by atoms with Gasteiger partial charge in [-0.3, -0.25) is 9.59 Å². The molecule has 0 atom stereocenters. The van der Waals surface area contributed by atoms with Crippen LogP contribution in [0.25, 0.3) is 5.69 Å². The minimum Gasteiger partial charge on any atom is -0.350 e. The van der Waals surface area contributed by atoms with Crippen LogP contribution in [0.15, 0.2) is 60.8 Å². The van der Waals surface area contributed by atoms with Crippen molar-refractivity contribution in [3.05, 3.63) is 82.6 Å². The first-order valence-electron chi connectivity index (χ1n) is 9.38. The zero-order valence-corrected chi connectivity index (χ0v) is 17.1. The summed E-state index contributed by atoms with van der Waals surface area (Å²) >= 11 is 5.96. The Morgan fingerprint density at radius 3 is 2.38 bits per heavy atom. The van der Waals surface area contributed by atoms with Crippen molar-refractivity contribution in [1.29, 1.82) is 0 Å². The normalized spacial score (nSPS) is 10.8. The Morgan fingerprint density at radius 2 is 1.72 bits per heavy atom. The lowest BCUT2D eigenvalue weighted by Crippen LogP contribution is -2.36. The van der Waals surface area contributed by atoms with Crippen LogP contribution in [0.5, 0.6) is 0 Å². The number of halogens is 1. The summed E-state index contributed by atoms with van der Waals surface area (Å²) < 4.78 is 1.73. The second kappa shape index (κ2) is 9.39. The van der Waals surface area contributed by atoms with E-state index >= 15 is 0 Å². The van der Waals surface area contributed by atoms with Gasteiger partial charge in [-0.15, -0.1) is 0 Å². The van der Waals surface area contributed by atoms with Gasteiger partial charge < -0.3 is 10.6 Å². The highest BCUT2D eigenvalue weighted by Gasteiger charge is 2.21. The smallest absolute Gasteiger partial charge is 0.255 e. The standard InChI is InChI=1S/C22H23ClN4O2/c1-15(2)21-19(13-26-27(21)18-10-8-17(23)9-11-18)22(29)25-14-20(28)24-12-16-6-4-3-5-7-16/h3-11,13,15H,12,14H2,1-2H3,(H,24,28)(H,25,29). The molecule has 6 nitrogen and oxygen atoms in total. The molecule has 0 spiro atoms. The third-order valence-corrected chi connectivity index (χ3v) is 4.66. The summed E-state index contributed by atoms with van der Waals surface area (Å²) in [5.41, 5.74) is 3.04. The van der Waals surface area contributed by atoms with Crippen LogP contribution in [0, 0.1) is 0 Å². The number of rotatable bonds is 7. The number of carbonyl (C=O) groups is 2. The van der Waals surface area contributed by atoms with Crippen molar-refractivity contribution < 1.29 is 9.59 Å². The Balaban J connectivity index is 1.66. The molecule has 1 aromatic heterocycles. The van der Waals surface area contributed by atoms with Gasteiger partial charge in [-0.05, 0) is 35.7 Å². The van der Waals surface area contributed by atoms with Crippen molar-refractivity contribution in [2.75, 3.05) is 6.54 Å². The Hall–Kier alpha value is -3.12. The summed E-state index contributed by atoms with van der Waals surface area (Å²) in [5, 5.41) is 10.5. The predicted molar refractivity (Wildman–Crippen MR) is 113 cm³/mol. The summed E-state index contributed by atoms with van der Waals surface area (Å²) in [6.07, 6.45) is 1.53. The van der Waals surface area contributed by atoms with Crippen molar-refractivity contribution in [2.24, 2.45) is 0 Å². The Labute approximate surface area is 174 Å². The van der Waals surface area contributed by atoms with E-state index in [1.807, 2.05) is 56.3 Å². The molecule has 0 aliphatic carbocycles. The van der Waals surface area contributed by atoms with E-state index in [0.717, 1.165) is 16.9 Å². The maximum absolute atomic E-state index is 12.7. The Kier molecular flexibility index (Phi) is 6.67. The molecule has 0 fully saturated rings. The fourth-order valence-electron chi connectivity index (χ4n) is 2.99. The van der Waals surface area contributed by atoms with Gasteiger partial charge in [0.25, 0.3) is 5.91 Å². The summed E-state index contributed by atoms with van der Waals surface area (Å²) in [4.78, 5) is 24.8. The molecule has 2 amide bonds. The van der Waals surface area contributed by atoms with E-state index in [4.69, 9.17) is 11.6 Å². The van der Waals surface area contributed by atoms with Gasteiger partial charge in [0.2, 0.25) is 5.91 Å². The number of aromatic nitrogens is 2. The van der Waals surface area contributed by atoms with Crippen LogP contribution in [0.2, 0.25) is 5.02 Å². The molecule has 1 heterocycles. The molecule has 2 aromatic carbocycles. The van der Waals surface area contributed by atoms with Gasteiger partial charge >= 0.3 is 0 Å². The lowest BCUT2D eigenvalue weighted by atomic mass is 10.1. The topological polar surface area (TPSA) is 76.0 Å². The van der Waals surface area contributed by atoms with Crippen LogP contribution in [0.1, 0.15) is 41.4 Å². The van der Waals surface area contributed by atoms with Gasteiger partial charge in [-0.2, -0.15) is 5.10 Å².